The Morgan fingerprint density at radius 1 is 1.32 bits per heavy atom. The van der Waals surface area contributed by atoms with Crippen LogP contribution in [0.5, 0.6) is 5.75 Å². The first-order chi connectivity index (χ1) is 12.0. The van der Waals surface area contributed by atoms with Gasteiger partial charge in [0.1, 0.15) is 5.75 Å². The number of hydrogen-bond donors (Lipinski definition) is 3. The van der Waals surface area contributed by atoms with Crippen molar-refractivity contribution in [2.24, 2.45) is 11.8 Å². The van der Waals surface area contributed by atoms with Crippen molar-refractivity contribution in [3.05, 3.63) is 24.3 Å². The Bertz CT molecular complexity index is 633. The molecule has 1 aromatic rings. The molecule has 2 amide bonds. The maximum absolute atomic E-state index is 12.5. The van der Waals surface area contributed by atoms with Crippen LogP contribution in [-0.2, 0) is 9.59 Å². The molecule has 0 bridgehead atoms. The van der Waals surface area contributed by atoms with Gasteiger partial charge in [-0.3, -0.25) is 9.59 Å². The lowest BCUT2D eigenvalue weighted by Crippen LogP contribution is -2.39. The number of nitrogens with one attached hydrogen (secondary N) is 1. The molecule has 0 spiro atoms. The molecule has 1 saturated carbocycles. The average Bonchev–Trinajstić information content (AvgIpc) is 3.17. The van der Waals surface area contributed by atoms with Gasteiger partial charge < -0.3 is 25.2 Å². The lowest BCUT2D eigenvalue weighted by atomic mass is 10.1. The third-order valence-corrected chi connectivity index (χ3v) is 5.12. The zero-order chi connectivity index (χ0) is 18.0. The normalized spacial score (nSPS) is 29.1. The van der Waals surface area contributed by atoms with Crippen molar-refractivity contribution in [2.45, 2.75) is 31.4 Å². The smallest absolute Gasteiger partial charge is 0.227 e. The molecular formula is C18H24N2O5. The lowest BCUT2D eigenvalue weighted by Gasteiger charge is -2.18. The van der Waals surface area contributed by atoms with E-state index in [1.807, 2.05) is 0 Å². The molecule has 7 nitrogen and oxygen atoms in total. The van der Waals surface area contributed by atoms with Crippen LogP contribution in [0.25, 0.3) is 0 Å². The molecule has 3 rings (SSSR count). The minimum atomic E-state index is -0.587. The molecule has 3 N–H and O–H groups in total. The van der Waals surface area contributed by atoms with Crippen LogP contribution in [0, 0.1) is 11.8 Å². The zero-order valence-corrected chi connectivity index (χ0v) is 14.2. The first-order valence-electron chi connectivity index (χ1n) is 8.55. The summed E-state index contributed by atoms with van der Waals surface area (Å²) in [6.45, 7) is 0.260. The second-order valence-corrected chi connectivity index (χ2v) is 6.79. The average molecular weight is 348 g/mol. The van der Waals surface area contributed by atoms with Crippen LogP contribution in [0.2, 0.25) is 0 Å². The predicted molar refractivity (Wildman–Crippen MR) is 91.2 cm³/mol. The largest absolute Gasteiger partial charge is 0.497 e. The van der Waals surface area contributed by atoms with E-state index in [1.54, 1.807) is 36.3 Å². The summed E-state index contributed by atoms with van der Waals surface area (Å²) in [4.78, 5) is 26.4. The summed E-state index contributed by atoms with van der Waals surface area (Å²) in [7, 11) is 1.58. The number of methoxy groups -OCH3 is 1. The van der Waals surface area contributed by atoms with Gasteiger partial charge in [0.05, 0.1) is 19.1 Å². The number of ether oxygens (including phenoxy) is 1. The number of carbonyl (C=O) groups excluding carboxylic acids is 2. The van der Waals surface area contributed by atoms with Gasteiger partial charge in [0.25, 0.3) is 0 Å². The molecule has 4 unspecified atom stereocenters. The number of hydrogen-bond acceptors (Lipinski definition) is 5. The molecule has 1 saturated heterocycles. The third-order valence-electron chi connectivity index (χ3n) is 5.12. The van der Waals surface area contributed by atoms with Gasteiger partial charge in [-0.15, -0.1) is 0 Å². The van der Waals surface area contributed by atoms with Crippen molar-refractivity contribution in [3.63, 3.8) is 0 Å². The number of nitrogens with zero attached hydrogens (tertiary/aromatic N) is 1. The van der Waals surface area contributed by atoms with Crippen molar-refractivity contribution in [1.82, 2.24) is 5.32 Å². The first-order valence-corrected chi connectivity index (χ1v) is 8.55. The molecule has 136 valence electrons. The van der Waals surface area contributed by atoms with Gasteiger partial charge >= 0.3 is 0 Å². The number of aliphatic hydroxyl groups excluding tert-OH is 2. The summed E-state index contributed by atoms with van der Waals surface area (Å²) in [6, 6.07) is 7.02. The van der Waals surface area contributed by atoms with Crippen molar-refractivity contribution in [3.8, 4) is 5.75 Å². The minimum Gasteiger partial charge on any atom is -0.497 e. The molecule has 0 aromatic heterocycles. The standard InChI is InChI=1S/C18H24N2O5/c1-25-15-4-2-14(3-5-15)20-9-11(7-17(20)23)18(24)19-13-6-12(10-21)16(22)8-13/h2-5,11-13,16,21-22H,6-10H2,1H3,(H,19,24). The summed E-state index contributed by atoms with van der Waals surface area (Å²) in [5, 5.41) is 21.9. The molecule has 1 aliphatic carbocycles. The second-order valence-electron chi connectivity index (χ2n) is 6.79. The number of amides is 2. The quantitative estimate of drug-likeness (QED) is 0.711. The van der Waals surface area contributed by atoms with Gasteiger partial charge in [-0.05, 0) is 37.1 Å². The fraction of sp³-hybridized carbons (Fsp3) is 0.556. The number of aliphatic hydroxyl groups is 2. The van der Waals surface area contributed by atoms with Crippen LogP contribution in [0.3, 0.4) is 0 Å². The highest BCUT2D eigenvalue weighted by molar-refractivity contribution is 6.00. The van der Waals surface area contributed by atoms with Gasteiger partial charge in [-0.2, -0.15) is 0 Å². The number of anilines is 1. The van der Waals surface area contributed by atoms with E-state index in [0.29, 0.717) is 25.1 Å². The van der Waals surface area contributed by atoms with Gasteiger partial charge in [-0.25, -0.2) is 0 Å². The Kier molecular flexibility index (Phi) is 5.24. The van der Waals surface area contributed by atoms with Gasteiger partial charge in [0, 0.05) is 37.2 Å². The molecule has 4 atom stereocenters. The Morgan fingerprint density at radius 3 is 2.64 bits per heavy atom. The van der Waals surface area contributed by atoms with E-state index in [9.17, 15) is 19.8 Å². The summed E-state index contributed by atoms with van der Waals surface area (Å²) < 4.78 is 5.11. The van der Waals surface area contributed by atoms with Crippen LogP contribution >= 0.6 is 0 Å². The summed E-state index contributed by atoms with van der Waals surface area (Å²) in [6.07, 6.45) is 0.596. The maximum Gasteiger partial charge on any atom is 0.227 e. The van der Waals surface area contributed by atoms with Gasteiger partial charge in [0.2, 0.25) is 11.8 Å². The Morgan fingerprint density at radius 2 is 2.04 bits per heavy atom. The number of carbonyl (C=O) groups is 2. The SMILES string of the molecule is COc1ccc(N2CC(C(=O)NC3CC(O)C(CO)C3)CC2=O)cc1. The lowest BCUT2D eigenvalue weighted by molar-refractivity contribution is -0.126. The zero-order valence-electron chi connectivity index (χ0n) is 14.2. The fourth-order valence-electron chi connectivity index (χ4n) is 3.63. The van der Waals surface area contributed by atoms with Crippen LogP contribution in [0.15, 0.2) is 24.3 Å². The molecule has 7 heteroatoms. The maximum atomic E-state index is 12.5. The molecule has 2 aliphatic rings. The minimum absolute atomic E-state index is 0.0787. The molecule has 0 radical (unpaired) electrons. The highest BCUT2D eigenvalue weighted by Gasteiger charge is 2.38. The van der Waals surface area contributed by atoms with Crippen molar-refractivity contribution < 1.29 is 24.5 Å². The van der Waals surface area contributed by atoms with E-state index < -0.39 is 12.0 Å². The first kappa shape index (κ1) is 17.7. The molecule has 1 aliphatic heterocycles. The monoisotopic (exact) mass is 348 g/mol. The third kappa shape index (κ3) is 3.77. The Balaban J connectivity index is 1.59. The Labute approximate surface area is 146 Å². The Hall–Kier alpha value is -2.12. The van der Waals surface area contributed by atoms with E-state index in [1.165, 1.54) is 0 Å². The highest BCUT2D eigenvalue weighted by atomic mass is 16.5. The van der Waals surface area contributed by atoms with E-state index >= 15 is 0 Å². The van der Waals surface area contributed by atoms with Crippen LogP contribution in [0.1, 0.15) is 19.3 Å². The van der Waals surface area contributed by atoms with Gasteiger partial charge in [0.15, 0.2) is 0 Å². The molecule has 2 fully saturated rings. The van der Waals surface area contributed by atoms with E-state index in [2.05, 4.69) is 5.32 Å². The molecule has 25 heavy (non-hydrogen) atoms. The second kappa shape index (κ2) is 7.41. The van der Waals surface area contributed by atoms with Crippen molar-refractivity contribution in [1.29, 1.82) is 0 Å². The molecular weight excluding hydrogens is 324 g/mol. The topological polar surface area (TPSA) is 99.1 Å². The van der Waals surface area contributed by atoms with E-state index in [0.717, 1.165) is 5.69 Å². The van der Waals surface area contributed by atoms with Gasteiger partial charge in [-0.1, -0.05) is 0 Å². The number of rotatable bonds is 5. The van der Waals surface area contributed by atoms with E-state index in [-0.39, 0.29) is 36.8 Å². The van der Waals surface area contributed by atoms with Crippen LogP contribution in [-0.4, -0.2) is 54.4 Å². The van der Waals surface area contributed by atoms with Crippen LogP contribution in [0.4, 0.5) is 5.69 Å². The predicted octanol–water partition coefficient (Wildman–Crippen LogP) is 0.296. The summed E-state index contributed by atoms with van der Waals surface area (Å²) >= 11 is 0. The van der Waals surface area contributed by atoms with Crippen LogP contribution < -0.4 is 15.0 Å². The summed E-state index contributed by atoms with van der Waals surface area (Å²) in [5.74, 6) is -0.126. The number of benzene rings is 1. The molecule has 1 heterocycles. The van der Waals surface area contributed by atoms with Crippen molar-refractivity contribution in [2.75, 3.05) is 25.2 Å². The summed E-state index contributed by atoms with van der Waals surface area (Å²) in [5.41, 5.74) is 0.748. The fourth-order valence-corrected chi connectivity index (χ4v) is 3.63. The van der Waals surface area contributed by atoms with E-state index in [4.69, 9.17) is 4.74 Å². The highest BCUT2D eigenvalue weighted by Crippen LogP contribution is 2.29. The molecule has 1 aromatic carbocycles. The van der Waals surface area contributed by atoms with Crippen molar-refractivity contribution >= 4 is 17.5 Å².